The number of nitrogens with zero attached hydrogens (tertiary/aromatic N) is 2. The zero-order valence-corrected chi connectivity index (χ0v) is 7.19. The summed E-state index contributed by atoms with van der Waals surface area (Å²) >= 11 is 5.59. The van der Waals surface area contributed by atoms with Gasteiger partial charge in [0.15, 0.2) is 0 Å². The Hall–Kier alpha value is -1.49. The van der Waals surface area contributed by atoms with Crippen molar-refractivity contribution < 1.29 is 9.72 Å². The molecule has 5 nitrogen and oxygen atoms in total. The Morgan fingerprint density at radius 3 is 2.92 bits per heavy atom. The molecule has 0 aliphatic rings. The molecule has 0 atom stereocenters. The smallest absolute Gasteiger partial charge is 0.287 e. The first-order valence-electron chi connectivity index (χ1n) is 3.37. The number of aromatic nitrogens is 1. The summed E-state index contributed by atoms with van der Waals surface area (Å²) in [6.07, 6.45) is 1.71. The van der Waals surface area contributed by atoms with Crippen molar-refractivity contribution in [3.63, 3.8) is 0 Å². The summed E-state index contributed by atoms with van der Waals surface area (Å²) in [4.78, 5) is 23.5. The molecule has 1 aromatic rings. The average molecular weight is 201 g/mol. The van der Waals surface area contributed by atoms with Gasteiger partial charge < -0.3 is 4.79 Å². The lowest BCUT2D eigenvalue weighted by atomic mass is 10.2. The summed E-state index contributed by atoms with van der Waals surface area (Å²) in [5.74, 6) is 0. The van der Waals surface area contributed by atoms with Crippen LogP contribution in [-0.2, 0) is 11.2 Å². The Bertz CT molecular complexity index is 354. The summed E-state index contributed by atoms with van der Waals surface area (Å²) in [5.41, 5.74) is 0.201. The first-order chi connectivity index (χ1) is 6.15. The molecule has 0 spiro atoms. The van der Waals surface area contributed by atoms with E-state index in [1.807, 2.05) is 0 Å². The number of hydrogen-bond acceptors (Lipinski definition) is 4. The lowest BCUT2D eigenvalue weighted by Gasteiger charge is -1.97. The summed E-state index contributed by atoms with van der Waals surface area (Å²) in [6.45, 7) is 0. The highest BCUT2D eigenvalue weighted by Gasteiger charge is 2.10. The van der Waals surface area contributed by atoms with E-state index < -0.39 is 4.92 Å². The zero-order chi connectivity index (χ0) is 9.84. The average Bonchev–Trinajstić information content (AvgIpc) is 2.08. The van der Waals surface area contributed by atoms with Crippen molar-refractivity contribution >= 4 is 23.6 Å². The van der Waals surface area contributed by atoms with Crippen LogP contribution in [0.3, 0.4) is 0 Å². The second kappa shape index (κ2) is 3.95. The number of rotatable bonds is 3. The molecule has 0 aliphatic carbocycles. The molecule has 0 radical (unpaired) electrons. The predicted molar refractivity (Wildman–Crippen MR) is 45.7 cm³/mol. The minimum absolute atomic E-state index is 0.0352. The van der Waals surface area contributed by atoms with E-state index >= 15 is 0 Å². The Morgan fingerprint density at radius 2 is 2.38 bits per heavy atom. The Kier molecular flexibility index (Phi) is 2.92. The van der Waals surface area contributed by atoms with E-state index in [-0.39, 0.29) is 17.3 Å². The second-order valence-electron chi connectivity index (χ2n) is 2.27. The normalized spacial score (nSPS) is 9.62. The maximum absolute atomic E-state index is 10.3. The van der Waals surface area contributed by atoms with Crippen LogP contribution in [0.1, 0.15) is 5.56 Å². The third-order valence-electron chi connectivity index (χ3n) is 1.41. The van der Waals surface area contributed by atoms with Gasteiger partial charge in [0.1, 0.15) is 17.6 Å². The second-order valence-corrected chi connectivity index (χ2v) is 2.63. The van der Waals surface area contributed by atoms with E-state index in [0.29, 0.717) is 11.8 Å². The van der Waals surface area contributed by atoms with Crippen LogP contribution in [0.4, 0.5) is 5.69 Å². The highest BCUT2D eigenvalue weighted by molar-refractivity contribution is 6.30. The minimum atomic E-state index is -0.586. The molecule has 1 aromatic heterocycles. The molecule has 0 unspecified atom stereocenters. The standard InChI is InChI=1S/C7H5ClN2O3/c8-7-5(1-2-11)3-6(4-9-7)10(12)13/h2-4H,1H2. The van der Waals surface area contributed by atoms with Gasteiger partial charge in [-0.15, -0.1) is 0 Å². The van der Waals surface area contributed by atoms with Gasteiger partial charge in [-0.2, -0.15) is 0 Å². The van der Waals surface area contributed by atoms with Gasteiger partial charge in [0.05, 0.1) is 4.92 Å². The lowest BCUT2D eigenvalue weighted by Crippen LogP contribution is -1.94. The lowest BCUT2D eigenvalue weighted by molar-refractivity contribution is -0.385. The van der Waals surface area contributed by atoms with E-state index in [0.717, 1.165) is 6.20 Å². The number of nitro groups is 1. The van der Waals surface area contributed by atoms with Gasteiger partial charge in [-0.25, -0.2) is 4.98 Å². The van der Waals surface area contributed by atoms with Crippen molar-refractivity contribution in [3.05, 3.63) is 33.1 Å². The third kappa shape index (κ3) is 2.22. The van der Waals surface area contributed by atoms with Gasteiger partial charge in [0, 0.05) is 18.1 Å². The highest BCUT2D eigenvalue weighted by atomic mass is 35.5. The van der Waals surface area contributed by atoms with Crippen LogP contribution in [0.5, 0.6) is 0 Å². The molecular formula is C7H5ClN2O3. The summed E-state index contributed by atoms with van der Waals surface area (Å²) in [5, 5.41) is 10.4. The number of pyridine rings is 1. The van der Waals surface area contributed by atoms with Crippen LogP contribution >= 0.6 is 11.6 Å². The SMILES string of the molecule is O=CCc1cc([N+](=O)[O-])cnc1Cl. The maximum Gasteiger partial charge on any atom is 0.287 e. The molecule has 0 amide bonds. The highest BCUT2D eigenvalue weighted by Crippen LogP contribution is 2.18. The fraction of sp³-hybridized carbons (Fsp3) is 0.143. The first-order valence-corrected chi connectivity index (χ1v) is 3.75. The third-order valence-corrected chi connectivity index (χ3v) is 1.75. The van der Waals surface area contributed by atoms with Crippen LogP contribution in [0.15, 0.2) is 12.3 Å². The van der Waals surface area contributed by atoms with Crippen LogP contribution in [0, 0.1) is 10.1 Å². The van der Waals surface area contributed by atoms with E-state index in [1.165, 1.54) is 6.07 Å². The molecule has 13 heavy (non-hydrogen) atoms. The van der Waals surface area contributed by atoms with Crippen LogP contribution in [0.2, 0.25) is 5.15 Å². The van der Waals surface area contributed by atoms with E-state index in [2.05, 4.69) is 4.98 Å². The van der Waals surface area contributed by atoms with E-state index in [1.54, 1.807) is 0 Å². The van der Waals surface area contributed by atoms with Gasteiger partial charge in [0.2, 0.25) is 0 Å². The number of aldehydes is 1. The largest absolute Gasteiger partial charge is 0.303 e. The van der Waals surface area contributed by atoms with E-state index in [4.69, 9.17) is 11.6 Å². The molecule has 1 heterocycles. The Balaban J connectivity index is 3.10. The molecule has 0 N–H and O–H groups in total. The van der Waals surface area contributed by atoms with Crippen molar-refractivity contribution in [1.29, 1.82) is 0 Å². The predicted octanol–water partition coefficient (Wildman–Crippen LogP) is 1.38. The fourth-order valence-corrected chi connectivity index (χ4v) is 0.994. The van der Waals surface area contributed by atoms with Gasteiger partial charge >= 0.3 is 0 Å². The minimum Gasteiger partial charge on any atom is -0.303 e. The molecule has 1 rings (SSSR count). The van der Waals surface area contributed by atoms with Gasteiger partial charge in [0.25, 0.3) is 5.69 Å². The number of carbonyl (C=O) groups excluding carboxylic acids is 1. The summed E-state index contributed by atoms with van der Waals surface area (Å²) in [7, 11) is 0. The fourth-order valence-electron chi connectivity index (χ4n) is 0.814. The molecule has 68 valence electrons. The van der Waals surface area contributed by atoms with Gasteiger partial charge in [-0.3, -0.25) is 10.1 Å². The van der Waals surface area contributed by atoms with Crippen molar-refractivity contribution in [1.82, 2.24) is 4.98 Å². The van der Waals surface area contributed by atoms with Crippen molar-refractivity contribution in [3.8, 4) is 0 Å². The maximum atomic E-state index is 10.3. The van der Waals surface area contributed by atoms with Crippen LogP contribution in [-0.4, -0.2) is 16.2 Å². The number of carbonyl (C=O) groups is 1. The quantitative estimate of drug-likeness (QED) is 0.320. The zero-order valence-electron chi connectivity index (χ0n) is 6.44. The number of hydrogen-bond donors (Lipinski definition) is 0. The van der Waals surface area contributed by atoms with E-state index in [9.17, 15) is 14.9 Å². The molecular weight excluding hydrogens is 196 g/mol. The molecule has 0 fully saturated rings. The molecule has 0 bridgehead atoms. The van der Waals surface area contributed by atoms with Crippen LogP contribution in [0.25, 0.3) is 0 Å². The van der Waals surface area contributed by atoms with Gasteiger partial charge in [-0.05, 0) is 0 Å². The molecule has 0 aliphatic heterocycles. The molecule has 0 aromatic carbocycles. The first kappa shape index (κ1) is 9.60. The molecule has 0 saturated carbocycles. The topological polar surface area (TPSA) is 73.1 Å². The monoisotopic (exact) mass is 200 g/mol. The van der Waals surface area contributed by atoms with Crippen LogP contribution < -0.4 is 0 Å². The molecule has 6 heteroatoms. The van der Waals surface area contributed by atoms with Crippen molar-refractivity contribution in [2.24, 2.45) is 0 Å². The summed E-state index contributed by atoms with van der Waals surface area (Å²) < 4.78 is 0. The Morgan fingerprint density at radius 1 is 1.69 bits per heavy atom. The van der Waals surface area contributed by atoms with Crippen molar-refractivity contribution in [2.45, 2.75) is 6.42 Å². The molecule has 0 saturated heterocycles. The number of halogens is 1. The van der Waals surface area contributed by atoms with Crippen molar-refractivity contribution in [2.75, 3.05) is 0 Å². The Labute approximate surface area is 78.5 Å². The summed E-state index contributed by atoms with van der Waals surface area (Å²) in [6, 6.07) is 1.24. The van der Waals surface area contributed by atoms with Gasteiger partial charge in [-0.1, -0.05) is 11.6 Å².